The molecule has 0 aromatic heterocycles. The van der Waals surface area contributed by atoms with Gasteiger partial charge in [-0.05, 0) is 32.6 Å². The summed E-state index contributed by atoms with van der Waals surface area (Å²) < 4.78 is 79.5. The maximum Gasteiger partial charge on any atom is 0.420 e. The highest BCUT2D eigenvalue weighted by Crippen LogP contribution is 2.42. The van der Waals surface area contributed by atoms with Gasteiger partial charge in [-0.3, -0.25) is 5.32 Å². The monoisotopic (exact) mass is 293 g/mol. The average molecular weight is 293 g/mol. The van der Waals surface area contributed by atoms with E-state index in [2.05, 4.69) is 4.74 Å². The van der Waals surface area contributed by atoms with E-state index in [9.17, 15) is 31.1 Å². The average Bonchev–Trinajstić information content (AvgIpc) is 2.66. The van der Waals surface area contributed by atoms with Crippen LogP contribution in [0.5, 0.6) is 0 Å². The molecule has 0 aromatic carbocycles. The molecule has 9 heteroatoms. The van der Waals surface area contributed by atoms with Gasteiger partial charge in [-0.1, -0.05) is 0 Å². The molecule has 0 bridgehead atoms. The second-order valence-corrected chi connectivity index (χ2v) is 4.56. The number of ether oxygens (including phenoxy) is 1. The van der Waals surface area contributed by atoms with E-state index in [-0.39, 0.29) is 6.92 Å². The van der Waals surface area contributed by atoms with Crippen molar-refractivity contribution in [2.24, 2.45) is 0 Å². The first-order valence-corrected chi connectivity index (χ1v) is 5.59. The van der Waals surface area contributed by atoms with Crippen molar-refractivity contribution in [1.29, 1.82) is 0 Å². The van der Waals surface area contributed by atoms with Gasteiger partial charge in [-0.2, -0.15) is 26.3 Å². The number of alkyl halides is 6. The van der Waals surface area contributed by atoms with Crippen LogP contribution in [0.4, 0.5) is 31.1 Å². The number of rotatable bonds is 2. The molecule has 1 amide bonds. The molecule has 0 saturated heterocycles. The maximum absolute atomic E-state index is 12.5. The van der Waals surface area contributed by atoms with E-state index in [0.717, 1.165) is 18.2 Å². The van der Waals surface area contributed by atoms with Gasteiger partial charge in [-0.25, -0.2) is 4.79 Å². The second kappa shape index (κ2) is 5.09. The zero-order valence-corrected chi connectivity index (χ0v) is 9.99. The Morgan fingerprint density at radius 3 is 1.84 bits per heavy atom. The Balaban J connectivity index is 2.75. The van der Waals surface area contributed by atoms with E-state index >= 15 is 0 Å². The zero-order chi connectivity index (χ0) is 14.9. The Morgan fingerprint density at radius 1 is 1.05 bits per heavy atom. The minimum atomic E-state index is -5.67. The topological polar surface area (TPSA) is 38.3 Å². The van der Waals surface area contributed by atoms with Gasteiger partial charge in [0.15, 0.2) is 0 Å². The smallest absolute Gasteiger partial charge is 0.420 e. The van der Waals surface area contributed by atoms with E-state index in [0.29, 0.717) is 12.8 Å². The van der Waals surface area contributed by atoms with Crippen molar-refractivity contribution in [2.75, 3.05) is 0 Å². The molecule has 0 spiro atoms. The van der Waals surface area contributed by atoms with E-state index in [1.54, 1.807) is 0 Å². The number of amides is 1. The van der Waals surface area contributed by atoms with Gasteiger partial charge in [0.05, 0.1) is 0 Å². The number of carbonyl (C=O) groups excluding carboxylic acids is 1. The van der Waals surface area contributed by atoms with Gasteiger partial charge in [0, 0.05) is 0 Å². The minimum absolute atomic E-state index is 0.136. The summed E-state index contributed by atoms with van der Waals surface area (Å²) >= 11 is 0. The van der Waals surface area contributed by atoms with Gasteiger partial charge < -0.3 is 4.74 Å². The maximum atomic E-state index is 12.5. The van der Waals surface area contributed by atoms with Crippen LogP contribution in [0, 0.1) is 0 Å². The van der Waals surface area contributed by atoms with Crippen LogP contribution >= 0.6 is 0 Å². The number of nitrogens with one attached hydrogen (secondary N) is 1. The van der Waals surface area contributed by atoms with Crippen LogP contribution in [0.3, 0.4) is 0 Å². The zero-order valence-electron chi connectivity index (χ0n) is 9.99. The largest absolute Gasteiger partial charge is 0.446 e. The Kier molecular flexibility index (Phi) is 4.26. The summed E-state index contributed by atoms with van der Waals surface area (Å²) in [6.07, 6.45) is -11.3. The van der Waals surface area contributed by atoms with Crippen LogP contribution in [0.15, 0.2) is 0 Å². The van der Waals surface area contributed by atoms with Crippen molar-refractivity contribution in [2.45, 2.75) is 56.6 Å². The summed E-state index contributed by atoms with van der Waals surface area (Å²) in [5.41, 5.74) is -4.32. The summed E-state index contributed by atoms with van der Waals surface area (Å²) in [4.78, 5) is 11.2. The van der Waals surface area contributed by atoms with Gasteiger partial charge >= 0.3 is 18.4 Å². The summed E-state index contributed by atoms with van der Waals surface area (Å²) in [6.45, 7) is -0.136. The number of hydrogen-bond acceptors (Lipinski definition) is 2. The third-order valence-electron chi connectivity index (χ3n) is 3.06. The lowest BCUT2D eigenvalue weighted by molar-refractivity contribution is -0.298. The van der Waals surface area contributed by atoms with Crippen LogP contribution in [-0.2, 0) is 4.74 Å². The molecular formula is C10H13F6NO2. The first-order chi connectivity index (χ1) is 8.47. The number of hydrogen-bond donors (Lipinski definition) is 1. The Hall–Kier alpha value is -1.15. The third-order valence-corrected chi connectivity index (χ3v) is 3.06. The van der Waals surface area contributed by atoms with E-state index in [4.69, 9.17) is 0 Å². The molecule has 1 aliphatic rings. The lowest BCUT2D eigenvalue weighted by atomic mass is 10.0. The fourth-order valence-electron chi connectivity index (χ4n) is 1.69. The molecule has 1 N–H and O–H groups in total. The quantitative estimate of drug-likeness (QED) is 0.791. The van der Waals surface area contributed by atoms with Crippen molar-refractivity contribution >= 4 is 6.09 Å². The molecule has 1 saturated carbocycles. The first-order valence-electron chi connectivity index (χ1n) is 5.59. The normalized spacial score (nSPS) is 18.5. The standard InChI is InChI=1S/C10H13F6NO2/c1-8(9(11,12)13,10(14,15)16)17-7(18)19-6-4-2-3-5-6/h6H,2-5H2,1H3,(H,17,18). The molecule has 19 heavy (non-hydrogen) atoms. The Morgan fingerprint density at radius 2 is 1.47 bits per heavy atom. The number of halogens is 6. The predicted octanol–water partition coefficient (Wildman–Crippen LogP) is 3.54. The third kappa shape index (κ3) is 3.44. The van der Waals surface area contributed by atoms with Crippen molar-refractivity contribution in [1.82, 2.24) is 5.32 Å². The molecule has 0 aromatic rings. The van der Waals surface area contributed by atoms with Crippen LogP contribution in [0.25, 0.3) is 0 Å². The Bertz CT molecular complexity index is 318. The first kappa shape index (κ1) is 15.9. The molecule has 1 fully saturated rings. The highest BCUT2D eigenvalue weighted by Gasteiger charge is 2.69. The molecule has 1 aliphatic carbocycles. The lowest BCUT2D eigenvalue weighted by Gasteiger charge is -2.34. The summed E-state index contributed by atoms with van der Waals surface area (Å²) in [5, 5.41) is 0.889. The van der Waals surface area contributed by atoms with E-state index in [1.807, 2.05) is 0 Å². The predicted molar refractivity (Wildman–Crippen MR) is 52.4 cm³/mol. The van der Waals surface area contributed by atoms with Crippen LogP contribution in [0.1, 0.15) is 32.6 Å². The molecule has 0 atom stereocenters. The van der Waals surface area contributed by atoms with Gasteiger partial charge in [0.1, 0.15) is 6.10 Å². The number of carbonyl (C=O) groups is 1. The van der Waals surface area contributed by atoms with E-state index < -0.39 is 30.1 Å². The molecule has 0 aliphatic heterocycles. The van der Waals surface area contributed by atoms with Gasteiger partial charge in [-0.15, -0.1) is 0 Å². The van der Waals surface area contributed by atoms with Crippen molar-refractivity contribution < 1.29 is 35.9 Å². The fraction of sp³-hybridized carbons (Fsp3) is 0.900. The molecule has 1 rings (SSSR count). The van der Waals surface area contributed by atoms with Crippen LogP contribution < -0.4 is 5.32 Å². The van der Waals surface area contributed by atoms with Crippen molar-refractivity contribution in [3.05, 3.63) is 0 Å². The van der Waals surface area contributed by atoms with Crippen LogP contribution in [-0.4, -0.2) is 30.1 Å². The molecule has 0 radical (unpaired) electrons. The minimum Gasteiger partial charge on any atom is -0.446 e. The van der Waals surface area contributed by atoms with Gasteiger partial charge in [0.25, 0.3) is 0 Å². The van der Waals surface area contributed by atoms with E-state index in [1.165, 1.54) is 0 Å². The molecular weight excluding hydrogens is 280 g/mol. The van der Waals surface area contributed by atoms with Gasteiger partial charge in [0.2, 0.25) is 5.54 Å². The molecule has 112 valence electrons. The highest BCUT2D eigenvalue weighted by atomic mass is 19.4. The fourth-order valence-corrected chi connectivity index (χ4v) is 1.69. The van der Waals surface area contributed by atoms with Crippen molar-refractivity contribution in [3.63, 3.8) is 0 Å². The Labute approximate surface area is 105 Å². The summed E-state index contributed by atoms with van der Waals surface area (Å²) in [7, 11) is 0. The molecule has 3 nitrogen and oxygen atoms in total. The molecule has 0 heterocycles. The van der Waals surface area contributed by atoms with Crippen LogP contribution in [0.2, 0.25) is 0 Å². The highest BCUT2D eigenvalue weighted by molar-refractivity contribution is 5.68. The lowest BCUT2D eigenvalue weighted by Crippen LogP contribution is -2.65. The SMILES string of the molecule is CC(NC(=O)OC1CCCC1)(C(F)(F)F)C(F)(F)F. The summed E-state index contributed by atoms with van der Waals surface area (Å²) in [6, 6.07) is 0. The van der Waals surface area contributed by atoms with Crippen molar-refractivity contribution in [3.8, 4) is 0 Å². The second-order valence-electron chi connectivity index (χ2n) is 4.56. The number of alkyl carbamates (subject to hydrolysis) is 1. The molecule has 0 unspecified atom stereocenters. The summed E-state index contributed by atoms with van der Waals surface area (Å²) in [5.74, 6) is 0.